The van der Waals surface area contributed by atoms with Gasteiger partial charge in [0, 0.05) is 0 Å². The Morgan fingerprint density at radius 3 is 2.52 bits per heavy atom. The van der Waals surface area contributed by atoms with E-state index in [0.29, 0.717) is 5.65 Å². The van der Waals surface area contributed by atoms with Gasteiger partial charge in [0.05, 0.1) is 17.4 Å². The molecule has 4 aromatic rings. The molecule has 0 atom stereocenters. The molecule has 0 amide bonds. The van der Waals surface area contributed by atoms with E-state index in [4.69, 9.17) is 4.42 Å². The van der Waals surface area contributed by atoms with E-state index in [1.165, 1.54) is 23.0 Å². The van der Waals surface area contributed by atoms with Crippen LogP contribution in [0.5, 0.6) is 0 Å². The van der Waals surface area contributed by atoms with E-state index < -0.39 is 11.4 Å². The van der Waals surface area contributed by atoms with Gasteiger partial charge in [0.1, 0.15) is 11.2 Å². The van der Waals surface area contributed by atoms with Crippen molar-refractivity contribution in [2.45, 2.75) is 0 Å². The molecule has 5 nitrogen and oxygen atoms in total. The summed E-state index contributed by atoms with van der Waals surface area (Å²) in [5, 5.41) is 4.43. The maximum Gasteiger partial charge on any atom is 0.350 e. The predicted molar refractivity (Wildman–Crippen MR) is 82.8 cm³/mol. The van der Waals surface area contributed by atoms with E-state index in [-0.39, 0.29) is 16.8 Å². The summed E-state index contributed by atoms with van der Waals surface area (Å²) >= 11 is 0. The zero-order chi connectivity index (χ0) is 15.8. The molecule has 0 fully saturated rings. The number of rotatable bonds is 2. The number of nitrogens with zero attached hydrogens (tertiary/aromatic N) is 3. The molecule has 0 unspecified atom stereocenters. The fourth-order valence-corrected chi connectivity index (χ4v) is 2.36. The van der Waals surface area contributed by atoms with Crippen LogP contribution in [0, 0.1) is 5.82 Å². The molecule has 6 heteroatoms. The standard InChI is InChI=1S/C17H10FN3O2/c18-14-9-5-4-8-12(14)16-20-15-13(17(22)23-16)10-19-21(15)11-6-2-1-3-7-11/h1-10H. The van der Waals surface area contributed by atoms with Gasteiger partial charge >= 0.3 is 5.63 Å². The van der Waals surface area contributed by atoms with Gasteiger partial charge in [-0.3, -0.25) is 0 Å². The van der Waals surface area contributed by atoms with Gasteiger partial charge in [-0.05, 0) is 24.3 Å². The largest absolute Gasteiger partial charge is 0.403 e. The second-order valence-corrected chi connectivity index (χ2v) is 4.92. The quantitative estimate of drug-likeness (QED) is 0.570. The van der Waals surface area contributed by atoms with Crippen molar-refractivity contribution in [3.8, 4) is 17.1 Å². The second kappa shape index (κ2) is 5.17. The van der Waals surface area contributed by atoms with Crippen molar-refractivity contribution in [2.75, 3.05) is 0 Å². The number of aromatic nitrogens is 3. The average Bonchev–Trinajstić information content (AvgIpc) is 3.00. The Bertz CT molecular complexity index is 1050. The van der Waals surface area contributed by atoms with Crippen LogP contribution < -0.4 is 5.63 Å². The third-order valence-electron chi connectivity index (χ3n) is 3.47. The zero-order valence-corrected chi connectivity index (χ0v) is 11.8. The van der Waals surface area contributed by atoms with Crippen molar-refractivity contribution >= 4 is 11.0 Å². The van der Waals surface area contributed by atoms with E-state index in [1.807, 2.05) is 30.3 Å². The molecular weight excluding hydrogens is 297 g/mol. The van der Waals surface area contributed by atoms with E-state index in [2.05, 4.69) is 10.1 Å². The second-order valence-electron chi connectivity index (χ2n) is 4.92. The SMILES string of the molecule is O=c1oc(-c2ccccc2F)nc2c1cnn2-c1ccccc1. The van der Waals surface area contributed by atoms with E-state index in [9.17, 15) is 9.18 Å². The van der Waals surface area contributed by atoms with Crippen LogP contribution in [-0.2, 0) is 0 Å². The minimum Gasteiger partial charge on any atom is -0.403 e. The first-order chi connectivity index (χ1) is 11.2. The Morgan fingerprint density at radius 2 is 1.74 bits per heavy atom. The van der Waals surface area contributed by atoms with Crippen LogP contribution in [0.15, 0.2) is 70.0 Å². The summed E-state index contributed by atoms with van der Waals surface area (Å²) in [4.78, 5) is 16.4. The number of halogens is 1. The molecule has 0 N–H and O–H groups in total. The lowest BCUT2D eigenvalue weighted by Crippen LogP contribution is -2.05. The Kier molecular flexibility index (Phi) is 3.01. The first kappa shape index (κ1) is 13.4. The first-order valence-electron chi connectivity index (χ1n) is 6.93. The van der Waals surface area contributed by atoms with Gasteiger partial charge in [-0.1, -0.05) is 30.3 Å². The summed E-state index contributed by atoms with van der Waals surface area (Å²) in [7, 11) is 0. The Labute approximate surface area is 129 Å². The van der Waals surface area contributed by atoms with Gasteiger partial charge in [0.2, 0.25) is 5.89 Å². The molecule has 23 heavy (non-hydrogen) atoms. The predicted octanol–water partition coefficient (Wildman–Crippen LogP) is 3.18. The topological polar surface area (TPSA) is 60.9 Å². The van der Waals surface area contributed by atoms with E-state index in [0.717, 1.165) is 5.69 Å². The molecule has 0 spiro atoms. The molecule has 0 aliphatic rings. The number of hydrogen-bond donors (Lipinski definition) is 0. The lowest BCUT2D eigenvalue weighted by atomic mass is 10.2. The molecule has 0 radical (unpaired) electrons. The van der Waals surface area contributed by atoms with E-state index in [1.54, 1.807) is 12.1 Å². The van der Waals surface area contributed by atoms with E-state index >= 15 is 0 Å². The summed E-state index contributed by atoms with van der Waals surface area (Å²) in [6.45, 7) is 0. The fraction of sp³-hybridized carbons (Fsp3) is 0. The zero-order valence-electron chi connectivity index (χ0n) is 11.8. The van der Waals surface area contributed by atoms with Gasteiger partial charge < -0.3 is 4.42 Å². The fourth-order valence-electron chi connectivity index (χ4n) is 2.36. The van der Waals surface area contributed by atoms with Gasteiger partial charge in [-0.2, -0.15) is 10.1 Å². The highest BCUT2D eigenvalue weighted by atomic mass is 19.1. The Morgan fingerprint density at radius 1 is 1.00 bits per heavy atom. The number of benzene rings is 2. The molecular formula is C17H10FN3O2. The summed E-state index contributed by atoms with van der Waals surface area (Å²) in [6.07, 6.45) is 1.40. The van der Waals surface area contributed by atoms with Crippen molar-refractivity contribution in [1.29, 1.82) is 0 Å². The highest BCUT2D eigenvalue weighted by Crippen LogP contribution is 2.22. The van der Waals surface area contributed by atoms with Crippen molar-refractivity contribution in [3.63, 3.8) is 0 Å². The summed E-state index contributed by atoms with van der Waals surface area (Å²) in [5.74, 6) is -0.577. The summed E-state index contributed by atoms with van der Waals surface area (Å²) < 4.78 is 20.6. The Balaban J connectivity index is 2.00. The first-order valence-corrected chi connectivity index (χ1v) is 6.93. The third-order valence-corrected chi connectivity index (χ3v) is 3.47. The third kappa shape index (κ3) is 2.20. The smallest absolute Gasteiger partial charge is 0.350 e. The molecule has 2 heterocycles. The molecule has 2 aromatic carbocycles. The van der Waals surface area contributed by atoms with Crippen molar-refractivity contribution in [3.05, 3.63) is 77.0 Å². The maximum atomic E-state index is 13.9. The highest BCUT2D eigenvalue weighted by Gasteiger charge is 2.16. The van der Waals surface area contributed by atoms with Crippen LogP contribution in [0.25, 0.3) is 28.2 Å². The van der Waals surface area contributed by atoms with Crippen LogP contribution in [-0.4, -0.2) is 14.8 Å². The van der Waals surface area contributed by atoms with Crippen LogP contribution in [0.1, 0.15) is 0 Å². The molecule has 0 saturated carbocycles. The molecule has 112 valence electrons. The van der Waals surface area contributed by atoms with Gasteiger partial charge in [0.25, 0.3) is 0 Å². The van der Waals surface area contributed by atoms with Crippen molar-refractivity contribution in [2.24, 2.45) is 0 Å². The van der Waals surface area contributed by atoms with Crippen LogP contribution in [0.3, 0.4) is 0 Å². The highest BCUT2D eigenvalue weighted by molar-refractivity contribution is 5.76. The number of para-hydroxylation sites is 1. The van der Waals surface area contributed by atoms with Crippen LogP contribution >= 0.6 is 0 Å². The maximum absolute atomic E-state index is 13.9. The van der Waals surface area contributed by atoms with Gasteiger partial charge in [-0.25, -0.2) is 13.9 Å². The minimum atomic E-state index is -0.601. The molecule has 0 saturated heterocycles. The number of fused-ring (bicyclic) bond motifs is 1. The van der Waals surface area contributed by atoms with Gasteiger partial charge in [0.15, 0.2) is 5.65 Å². The molecule has 0 bridgehead atoms. The lowest BCUT2D eigenvalue weighted by Gasteiger charge is -2.04. The van der Waals surface area contributed by atoms with Crippen LogP contribution in [0.4, 0.5) is 4.39 Å². The number of hydrogen-bond acceptors (Lipinski definition) is 4. The lowest BCUT2D eigenvalue weighted by molar-refractivity contribution is 0.511. The molecule has 4 rings (SSSR count). The normalized spacial score (nSPS) is 11.0. The van der Waals surface area contributed by atoms with Crippen molar-refractivity contribution in [1.82, 2.24) is 14.8 Å². The van der Waals surface area contributed by atoms with Crippen molar-refractivity contribution < 1.29 is 8.81 Å². The summed E-state index contributed by atoms with van der Waals surface area (Å²) in [6, 6.07) is 15.3. The monoisotopic (exact) mass is 307 g/mol. The molecule has 0 aliphatic heterocycles. The molecule has 0 aliphatic carbocycles. The average molecular weight is 307 g/mol. The van der Waals surface area contributed by atoms with Gasteiger partial charge in [-0.15, -0.1) is 0 Å². The minimum absolute atomic E-state index is 0.0710. The van der Waals surface area contributed by atoms with Crippen LogP contribution in [0.2, 0.25) is 0 Å². The molecule has 2 aromatic heterocycles. The summed E-state index contributed by atoms with van der Waals surface area (Å²) in [5.41, 5.74) is 0.605. The Hall–Kier alpha value is -3.28.